The van der Waals surface area contributed by atoms with Crippen molar-refractivity contribution in [3.8, 4) is 0 Å². The zero-order valence-electron chi connectivity index (χ0n) is 8.49. The van der Waals surface area contributed by atoms with E-state index in [-0.39, 0.29) is 6.04 Å². The van der Waals surface area contributed by atoms with Crippen molar-refractivity contribution in [2.75, 3.05) is 13.1 Å². The van der Waals surface area contributed by atoms with Crippen molar-refractivity contribution in [3.05, 3.63) is 0 Å². The van der Waals surface area contributed by atoms with Gasteiger partial charge in [0.25, 0.3) is 0 Å². The maximum atomic E-state index is 10.8. The lowest BCUT2D eigenvalue weighted by atomic mass is 9.96. The molecule has 1 rings (SSSR count). The number of likely N-dealkylation sites (tertiary alicyclic amines) is 1. The lowest BCUT2D eigenvalue weighted by molar-refractivity contribution is -0.121. The minimum absolute atomic E-state index is 0.340. The molecule has 1 fully saturated rings. The van der Waals surface area contributed by atoms with Crippen LogP contribution >= 0.6 is 0 Å². The number of carbonyl (C=O) groups excluding carboxylic acids is 1. The van der Waals surface area contributed by atoms with E-state index in [1.54, 1.807) is 13.8 Å². The summed E-state index contributed by atoms with van der Waals surface area (Å²) in [6, 6.07) is -0.340. The molecule has 3 heteroatoms. The van der Waals surface area contributed by atoms with Gasteiger partial charge in [-0.05, 0) is 39.8 Å². The van der Waals surface area contributed by atoms with Gasteiger partial charge >= 0.3 is 0 Å². The van der Waals surface area contributed by atoms with E-state index < -0.39 is 5.60 Å². The van der Waals surface area contributed by atoms with E-state index in [1.165, 1.54) is 6.42 Å². The van der Waals surface area contributed by atoms with Crippen LogP contribution in [0.5, 0.6) is 0 Å². The van der Waals surface area contributed by atoms with Crippen LogP contribution in [0.25, 0.3) is 0 Å². The predicted octanol–water partition coefficient (Wildman–Crippen LogP) is 0.811. The number of hydrogen-bond acceptors (Lipinski definition) is 3. The van der Waals surface area contributed by atoms with Crippen LogP contribution in [0.1, 0.15) is 33.1 Å². The summed E-state index contributed by atoms with van der Waals surface area (Å²) in [7, 11) is 0. The molecule has 0 spiro atoms. The summed E-state index contributed by atoms with van der Waals surface area (Å²) in [5.74, 6) is 0. The van der Waals surface area contributed by atoms with Gasteiger partial charge in [0, 0.05) is 0 Å². The van der Waals surface area contributed by atoms with E-state index in [0.29, 0.717) is 0 Å². The minimum atomic E-state index is -0.918. The Morgan fingerprint density at radius 1 is 1.31 bits per heavy atom. The van der Waals surface area contributed by atoms with E-state index in [2.05, 4.69) is 4.90 Å². The van der Waals surface area contributed by atoms with Gasteiger partial charge < -0.3 is 9.90 Å². The fourth-order valence-electron chi connectivity index (χ4n) is 1.90. The second-order valence-corrected chi connectivity index (χ2v) is 4.33. The summed E-state index contributed by atoms with van der Waals surface area (Å²) in [6.07, 6.45) is 4.39. The SMILES string of the molecule is CC(C)(O)C(C=O)N1CCCCC1. The lowest BCUT2D eigenvalue weighted by Crippen LogP contribution is -2.52. The number of aliphatic hydroxyl groups is 1. The van der Waals surface area contributed by atoms with Crippen molar-refractivity contribution in [1.82, 2.24) is 4.90 Å². The van der Waals surface area contributed by atoms with Crippen molar-refractivity contribution >= 4 is 6.29 Å². The molecule has 1 atom stereocenters. The third-order valence-electron chi connectivity index (χ3n) is 2.64. The fourth-order valence-corrected chi connectivity index (χ4v) is 1.90. The highest BCUT2D eigenvalue weighted by atomic mass is 16.3. The molecule has 1 aliphatic rings. The molecule has 76 valence electrons. The maximum Gasteiger partial charge on any atom is 0.140 e. The first-order valence-electron chi connectivity index (χ1n) is 4.97. The number of rotatable bonds is 3. The lowest BCUT2D eigenvalue weighted by Gasteiger charge is -2.37. The monoisotopic (exact) mass is 185 g/mol. The summed E-state index contributed by atoms with van der Waals surface area (Å²) in [4.78, 5) is 12.9. The largest absolute Gasteiger partial charge is 0.388 e. The molecule has 0 aliphatic carbocycles. The third-order valence-corrected chi connectivity index (χ3v) is 2.64. The van der Waals surface area contributed by atoms with E-state index in [1.807, 2.05) is 0 Å². The molecule has 1 heterocycles. The van der Waals surface area contributed by atoms with Crippen LogP contribution in [-0.4, -0.2) is 41.0 Å². The Balaban J connectivity index is 2.59. The van der Waals surface area contributed by atoms with Crippen molar-refractivity contribution in [3.63, 3.8) is 0 Å². The van der Waals surface area contributed by atoms with Crippen molar-refractivity contribution < 1.29 is 9.90 Å². The topological polar surface area (TPSA) is 40.5 Å². The first-order chi connectivity index (χ1) is 6.05. The Hall–Kier alpha value is -0.410. The molecule has 0 bridgehead atoms. The third kappa shape index (κ3) is 2.78. The van der Waals surface area contributed by atoms with Gasteiger partial charge in [0.1, 0.15) is 6.29 Å². The molecule has 0 saturated carbocycles. The number of hydrogen-bond donors (Lipinski definition) is 1. The van der Waals surface area contributed by atoms with Crippen LogP contribution in [0.2, 0.25) is 0 Å². The summed E-state index contributed by atoms with van der Waals surface area (Å²) < 4.78 is 0. The van der Waals surface area contributed by atoms with Gasteiger partial charge in [-0.15, -0.1) is 0 Å². The van der Waals surface area contributed by atoms with Crippen LogP contribution < -0.4 is 0 Å². The summed E-state index contributed by atoms with van der Waals surface area (Å²) in [6.45, 7) is 5.27. The molecule has 1 unspecified atom stereocenters. The zero-order chi connectivity index (χ0) is 9.90. The van der Waals surface area contributed by atoms with E-state index in [9.17, 15) is 9.90 Å². The molecule has 0 aromatic carbocycles. The van der Waals surface area contributed by atoms with E-state index in [0.717, 1.165) is 32.2 Å². The van der Waals surface area contributed by atoms with Crippen LogP contribution in [0, 0.1) is 0 Å². The standard InChI is InChI=1S/C10H19NO2/c1-10(2,13)9(8-12)11-6-4-3-5-7-11/h8-9,13H,3-7H2,1-2H3. The Bertz CT molecular complexity index is 168. The number of aldehydes is 1. The molecule has 1 aliphatic heterocycles. The van der Waals surface area contributed by atoms with Crippen LogP contribution in [0.3, 0.4) is 0 Å². The van der Waals surface area contributed by atoms with Gasteiger partial charge in [0.05, 0.1) is 11.6 Å². The molecular formula is C10H19NO2. The molecule has 0 amide bonds. The highest BCUT2D eigenvalue weighted by Gasteiger charge is 2.32. The van der Waals surface area contributed by atoms with Crippen molar-refractivity contribution in [2.24, 2.45) is 0 Å². The second kappa shape index (κ2) is 4.20. The minimum Gasteiger partial charge on any atom is -0.388 e. The fraction of sp³-hybridized carbons (Fsp3) is 0.900. The molecule has 0 radical (unpaired) electrons. The molecule has 13 heavy (non-hydrogen) atoms. The Labute approximate surface area is 79.7 Å². The van der Waals surface area contributed by atoms with Crippen LogP contribution in [-0.2, 0) is 4.79 Å². The first kappa shape index (κ1) is 10.7. The zero-order valence-corrected chi connectivity index (χ0v) is 8.49. The number of carbonyl (C=O) groups is 1. The van der Waals surface area contributed by atoms with E-state index >= 15 is 0 Å². The second-order valence-electron chi connectivity index (χ2n) is 4.33. The van der Waals surface area contributed by atoms with Gasteiger partial charge in [-0.1, -0.05) is 6.42 Å². The average Bonchev–Trinajstić information content (AvgIpc) is 2.05. The Kier molecular flexibility index (Phi) is 3.45. The Morgan fingerprint density at radius 2 is 1.85 bits per heavy atom. The van der Waals surface area contributed by atoms with Crippen molar-refractivity contribution in [1.29, 1.82) is 0 Å². The molecule has 3 nitrogen and oxygen atoms in total. The molecule has 1 saturated heterocycles. The number of piperidine rings is 1. The summed E-state index contributed by atoms with van der Waals surface area (Å²) in [5.41, 5.74) is -0.918. The van der Waals surface area contributed by atoms with Gasteiger partial charge in [0.2, 0.25) is 0 Å². The summed E-state index contributed by atoms with van der Waals surface area (Å²) in [5, 5.41) is 9.76. The normalized spacial score (nSPS) is 22.7. The quantitative estimate of drug-likeness (QED) is 0.661. The molecule has 1 N–H and O–H groups in total. The van der Waals surface area contributed by atoms with E-state index in [4.69, 9.17) is 0 Å². The van der Waals surface area contributed by atoms with Crippen LogP contribution in [0.4, 0.5) is 0 Å². The predicted molar refractivity (Wildman–Crippen MR) is 51.6 cm³/mol. The van der Waals surface area contributed by atoms with Crippen LogP contribution in [0.15, 0.2) is 0 Å². The molecule has 0 aromatic heterocycles. The van der Waals surface area contributed by atoms with Gasteiger partial charge in [-0.2, -0.15) is 0 Å². The highest BCUT2D eigenvalue weighted by Crippen LogP contribution is 2.18. The first-order valence-corrected chi connectivity index (χ1v) is 4.97. The van der Waals surface area contributed by atoms with Crippen molar-refractivity contribution in [2.45, 2.75) is 44.8 Å². The highest BCUT2D eigenvalue weighted by molar-refractivity contribution is 5.59. The van der Waals surface area contributed by atoms with Gasteiger partial charge in [-0.25, -0.2) is 0 Å². The van der Waals surface area contributed by atoms with Gasteiger partial charge in [-0.3, -0.25) is 4.90 Å². The average molecular weight is 185 g/mol. The smallest absolute Gasteiger partial charge is 0.140 e. The molecular weight excluding hydrogens is 166 g/mol. The van der Waals surface area contributed by atoms with Gasteiger partial charge in [0.15, 0.2) is 0 Å². The molecule has 0 aromatic rings. The summed E-state index contributed by atoms with van der Waals surface area (Å²) >= 11 is 0. The maximum absolute atomic E-state index is 10.8. The number of nitrogens with zero attached hydrogens (tertiary/aromatic N) is 1. The Morgan fingerprint density at radius 3 is 2.23 bits per heavy atom.